The molecule has 1 amide bonds. The van der Waals surface area contributed by atoms with Crippen LogP contribution in [-0.2, 0) is 16.0 Å². The Morgan fingerprint density at radius 1 is 1.27 bits per heavy atom. The summed E-state index contributed by atoms with van der Waals surface area (Å²) >= 11 is 0. The normalized spacial score (nSPS) is 20.2. The molecule has 0 bridgehead atoms. The molecule has 0 saturated carbocycles. The van der Waals surface area contributed by atoms with Gasteiger partial charge in [-0.2, -0.15) is 0 Å². The molecule has 1 aliphatic rings. The van der Waals surface area contributed by atoms with Crippen LogP contribution in [0.15, 0.2) is 34.9 Å². The van der Waals surface area contributed by atoms with Gasteiger partial charge in [0.15, 0.2) is 11.7 Å². The molecule has 26 heavy (non-hydrogen) atoms. The number of carboxylic acids is 1. The lowest BCUT2D eigenvalue weighted by Crippen LogP contribution is -2.47. The highest BCUT2D eigenvalue weighted by Gasteiger charge is 2.32. The van der Waals surface area contributed by atoms with Crippen molar-refractivity contribution in [1.82, 2.24) is 9.88 Å². The van der Waals surface area contributed by atoms with Crippen molar-refractivity contribution in [2.45, 2.75) is 45.6 Å². The zero-order valence-electron chi connectivity index (χ0n) is 15.1. The Morgan fingerprint density at radius 2 is 2.00 bits per heavy atom. The molecule has 0 aliphatic carbocycles. The molecule has 6 heteroatoms. The zero-order valence-corrected chi connectivity index (χ0v) is 15.1. The van der Waals surface area contributed by atoms with Gasteiger partial charge in [-0.15, -0.1) is 0 Å². The van der Waals surface area contributed by atoms with Crippen LogP contribution >= 0.6 is 0 Å². The van der Waals surface area contributed by atoms with Crippen molar-refractivity contribution in [3.8, 4) is 11.3 Å². The molecule has 1 aliphatic heterocycles. The van der Waals surface area contributed by atoms with Crippen molar-refractivity contribution in [3.63, 3.8) is 0 Å². The molecule has 0 spiro atoms. The summed E-state index contributed by atoms with van der Waals surface area (Å²) in [4.78, 5) is 29.7. The Hall–Kier alpha value is -2.63. The molecule has 1 fully saturated rings. The molecular formula is C20H24N2O4. The topological polar surface area (TPSA) is 83.6 Å². The van der Waals surface area contributed by atoms with Gasteiger partial charge in [-0.1, -0.05) is 29.8 Å². The minimum absolute atomic E-state index is 0.0430. The first-order chi connectivity index (χ1) is 12.4. The first-order valence-corrected chi connectivity index (χ1v) is 8.98. The standard InChI is InChI=1S/C20H24N2O4/c1-13-3-6-15(7-4-13)17-11-21-18(26-17)9-10-19(23)22-12-16(20(24)25)8-5-14(22)2/h3-4,6-7,11,14,16H,5,8-10,12H2,1-2H3,(H,24,25). The third-order valence-electron chi connectivity index (χ3n) is 4.99. The van der Waals surface area contributed by atoms with Crippen molar-refractivity contribution in [2.24, 2.45) is 5.92 Å². The van der Waals surface area contributed by atoms with E-state index in [1.165, 1.54) is 5.56 Å². The largest absolute Gasteiger partial charge is 0.481 e. The number of hydrogen-bond donors (Lipinski definition) is 1. The van der Waals surface area contributed by atoms with E-state index < -0.39 is 11.9 Å². The molecule has 6 nitrogen and oxygen atoms in total. The fourth-order valence-corrected chi connectivity index (χ4v) is 3.29. The van der Waals surface area contributed by atoms with Gasteiger partial charge in [0.1, 0.15) is 0 Å². The summed E-state index contributed by atoms with van der Waals surface area (Å²) in [7, 11) is 0. The highest BCUT2D eigenvalue weighted by Crippen LogP contribution is 2.24. The van der Waals surface area contributed by atoms with E-state index in [2.05, 4.69) is 4.98 Å². The summed E-state index contributed by atoms with van der Waals surface area (Å²) in [6, 6.07) is 8.05. The number of hydrogen-bond acceptors (Lipinski definition) is 4. The Labute approximate surface area is 152 Å². The summed E-state index contributed by atoms with van der Waals surface area (Å²) in [5.74, 6) is -0.133. The molecule has 0 radical (unpaired) electrons. The molecule has 1 aromatic heterocycles. The maximum atomic E-state index is 12.5. The fraction of sp³-hybridized carbons (Fsp3) is 0.450. The third kappa shape index (κ3) is 4.12. The number of piperidine rings is 1. The number of rotatable bonds is 5. The van der Waals surface area contributed by atoms with Crippen LogP contribution in [-0.4, -0.2) is 39.5 Å². The quantitative estimate of drug-likeness (QED) is 0.889. The number of aryl methyl sites for hydroxylation is 2. The first kappa shape index (κ1) is 18.2. The van der Waals surface area contributed by atoms with Gasteiger partial charge in [0, 0.05) is 31.0 Å². The summed E-state index contributed by atoms with van der Waals surface area (Å²) in [5, 5.41) is 9.20. The second-order valence-electron chi connectivity index (χ2n) is 6.99. The van der Waals surface area contributed by atoms with Gasteiger partial charge in [-0.25, -0.2) is 4.98 Å². The zero-order chi connectivity index (χ0) is 18.7. The van der Waals surface area contributed by atoms with Gasteiger partial charge in [0.25, 0.3) is 0 Å². The lowest BCUT2D eigenvalue weighted by molar-refractivity contribution is -0.147. The maximum Gasteiger partial charge on any atom is 0.308 e. The molecule has 138 valence electrons. The summed E-state index contributed by atoms with van der Waals surface area (Å²) in [6.07, 6.45) is 3.70. The smallest absolute Gasteiger partial charge is 0.308 e. The van der Waals surface area contributed by atoms with E-state index in [9.17, 15) is 14.7 Å². The molecule has 2 heterocycles. The number of nitrogens with zero attached hydrogens (tertiary/aromatic N) is 2. The Kier molecular flexibility index (Phi) is 5.40. The predicted molar refractivity (Wildman–Crippen MR) is 96.5 cm³/mol. The van der Waals surface area contributed by atoms with Crippen LogP contribution in [0.1, 0.15) is 37.6 Å². The van der Waals surface area contributed by atoms with Gasteiger partial charge in [-0.3, -0.25) is 9.59 Å². The van der Waals surface area contributed by atoms with E-state index in [-0.39, 0.29) is 24.9 Å². The number of likely N-dealkylation sites (tertiary alicyclic amines) is 1. The highest BCUT2D eigenvalue weighted by atomic mass is 16.4. The Morgan fingerprint density at radius 3 is 2.69 bits per heavy atom. The Bertz CT molecular complexity index is 781. The highest BCUT2D eigenvalue weighted by molar-refractivity contribution is 5.78. The number of aromatic nitrogens is 1. The van der Waals surface area contributed by atoms with E-state index in [4.69, 9.17) is 4.42 Å². The minimum atomic E-state index is -0.829. The number of aliphatic carboxylic acids is 1. The second kappa shape index (κ2) is 7.72. The monoisotopic (exact) mass is 356 g/mol. The van der Waals surface area contributed by atoms with E-state index in [1.54, 1.807) is 11.1 Å². The van der Waals surface area contributed by atoms with Crippen LogP contribution in [0.25, 0.3) is 11.3 Å². The number of amides is 1. The van der Waals surface area contributed by atoms with Gasteiger partial charge >= 0.3 is 5.97 Å². The minimum Gasteiger partial charge on any atom is -0.481 e. The SMILES string of the molecule is Cc1ccc(-c2cnc(CCC(=O)N3CC(C(=O)O)CCC3C)o2)cc1. The average molecular weight is 356 g/mol. The summed E-state index contributed by atoms with van der Waals surface area (Å²) < 4.78 is 5.76. The molecule has 2 unspecified atom stereocenters. The molecular weight excluding hydrogens is 332 g/mol. The maximum absolute atomic E-state index is 12.5. The predicted octanol–water partition coefficient (Wildman–Crippen LogP) is 3.29. The van der Waals surface area contributed by atoms with Crippen LogP contribution in [0.3, 0.4) is 0 Å². The molecule has 2 aromatic rings. The number of carboxylic acid groups (broad SMARTS) is 1. The van der Waals surface area contributed by atoms with Crippen LogP contribution < -0.4 is 0 Å². The molecule has 1 N–H and O–H groups in total. The Balaban J connectivity index is 1.59. The second-order valence-corrected chi connectivity index (χ2v) is 6.99. The van der Waals surface area contributed by atoms with Crippen molar-refractivity contribution in [3.05, 3.63) is 41.9 Å². The van der Waals surface area contributed by atoms with Crippen LogP contribution in [0.5, 0.6) is 0 Å². The van der Waals surface area contributed by atoms with E-state index in [0.717, 1.165) is 12.0 Å². The van der Waals surface area contributed by atoms with Crippen molar-refractivity contribution >= 4 is 11.9 Å². The van der Waals surface area contributed by atoms with Crippen molar-refractivity contribution in [2.75, 3.05) is 6.54 Å². The number of carbonyl (C=O) groups excluding carboxylic acids is 1. The van der Waals surface area contributed by atoms with Gasteiger partial charge in [0.05, 0.1) is 12.1 Å². The van der Waals surface area contributed by atoms with Crippen LogP contribution in [0.4, 0.5) is 0 Å². The number of oxazole rings is 1. The summed E-state index contributed by atoms with van der Waals surface area (Å²) in [6.45, 7) is 4.28. The van der Waals surface area contributed by atoms with Gasteiger partial charge in [0.2, 0.25) is 5.91 Å². The van der Waals surface area contributed by atoms with Gasteiger partial charge < -0.3 is 14.4 Å². The molecule has 1 saturated heterocycles. The van der Waals surface area contributed by atoms with E-state index in [1.807, 2.05) is 38.1 Å². The third-order valence-corrected chi connectivity index (χ3v) is 4.99. The summed E-state index contributed by atoms with van der Waals surface area (Å²) in [5.41, 5.74) is 2.13. The molecule has 3 rings (SSSR count). The van der Waals surface area contributed by atoms with Crippen molar-refractivity contribution < 1.29 is 19.1 Å². The fourth-order valence-electron chi connectivity index (χ4n) is 3.29. The van der Waals surface area contributed by atoms with E-state index >= 15 is 0 Å². The molecule has 1 aromatic carbocycles. The van der Waals surface area contributed by atoms with E-state index in [0.29, 0.717) is 24.5 Å². The van der Waals surface area contributed by atoms with Crippen LogP contribution in [0.2, 0.25) is 0 Å². The number of carbonyl (C=O) groups is 2. The lowest BCUT2D eigenvalue weighted by Gasteiger charge is -2.36. The molecule has 2 atom stereocenters. The first-order valence-electron chi connectivity index (χ1n) is 8.98. The number of benzene rings is 1. The van der Waals surface area contributed by atoms with Crippen LogP contribution in [0, 0.1) is 12.8 Å². The lowest BCUT2D eigenvalue weighted by atomic mass is 9.93. The average Bonchev–Trinajstić information content (AvgIpc) is 3.09. The van der Waals surface area contributed by atoms with Crippen molar-refractivity contribution in [1.29, 1.82) is 0 Å². The van der Waals surface area contributed by atoms with Gasteiger partial charge in [-0.05, 0) is 26.7 Å².